The highest BCUT2D eigenvalue weighted by molar-refractivity contribution is 5.89. The Kier molecular flexibility index (Phi) is 5.00. The zero-order valence-electron chi connectivity index (χ0n) is 14.2. The maximum Gasteiger partial charge on any atom is 0.322 e. The van der Waals surface area contributed by atoms with Crippen LogP contribution < -0.4 is 10.2 Å². The van der Waals surface area contributed by atoms with Crippen molar-refractivity contribution in [1.82, 2.24) is 14.8 Å². The number of anilines is 2. The van der Waals surface area contributed by atoms with Crippen LogP contribution in [0.2, 0.25) is 0 Å². The molecule has 2 aliphatic heterocycles. The lowest BCUT2D eigenvalue weighted by Crippen LogP contribution is -2.44. The number of likely N-dealkylation sites (tertiary alicyclic amines) is 2. The highest BCUT2D eigenvalue weighted by Crippen LogP contribution is 2.22. The summed E-state index contributed by atoms with van der Waals surface area (Å²) >= 11 is 0. The van der Waals surface area contributed by atoms with E-state index in [1.165, 1.54) is 25.9 Å². The SMILES string of the molecule is CN(C)c1ccc(NC(=O)N2CCC[C@H]2CN2CCCC2)cn1. The molecule has 1 atom stereocenters. The van der Waals surface area contributed by atoms with E-state index in [0.717, 1.165) is 37.4 Å². The molecule has 0 spiro atoms. The van der Waals surface area contributed by atoms with Crippen LogP contribution in [0.15, 0.2) is 18.3 Å². The van der Waals surface area contributed by atoms with Crippen LogP contribution in [0, 0.1) is 0 Å². The van der Waals surface area contributed by atoms with E-state index in [1.807, 2.05) is 36.0 Å². The fourth-order valence-corrected chi connectivity index (χ4v) is 3.48. The molecular formula is C17H27N5O. The number of rotatable bonds is 4. The van der Waals surface area contributed by atoms with Crippen molar-refractivity contribution >= 4 is 17.5 Å². The first kappa shape index (κ1) is 16.1. The van der Waals surface area contributed by atoms with Gasteiger partial charge < -0.3 is 20.0 Å². The number of urea groups is 1. The van der Waals surface area contributed by atoms with Crippen LogP contribution >= 0.6 is 0 Å². The molecule has 3 rings (SSSR count). The number of carbonyl (C=O) groups is 1. The fourth-order valence-electron chi connectivity index (χ4n) is 3.48. The second-order valence-corrected chi connectivity index (χ2v) is 6.73. The Morgan fingerprint density at radius 1 is 1.26 bits per heavy atom. The van der Waals surface area contributed by atoms with Gasteiger partial charge in [-0.1, -0.05) is 0 Å². The molecule has 0 aromatic carbocycles. The van der Waals surface area contributed by atoms with Crippen molar-refractivity contribution in [2.75, 3.05) is 50.5 Å². The monoisotopic (exact) mass is 317 g/mol. The Morgan fingerprint density at radius 3 is 2.70 bits per heavy atom. The number of nitrogens with zero attached hydrogens (tertiary/aromatic N) is 4. The fraction of sp³-hybridized carbons (Fsp3) is 0.647. The first-order valence-electron chi connectivity index (χ1n) is 8.57. The van der Waals surface area contributed by atoms with Gasteiger partial charge in [-0.25, -0.2) is 9.78 Å². The normalized spacial score (nSPS) is 21.7. The average Bonchev–Trinajstić information content (AvgIpc) is 3.20. The Bertz CT molecular complexity index is 524. The molecule has 1 N–H and O–H groups in total. The molecule has 1 aromatic rings. The molecule has 0 radical (unpaired) electrons. The van der Waals surface area contributed by atoms with E-state index in [-0.39, 0.29) is 6.03 Å². The van der Waals surface area contributed by atoms with Crippen molar-refractivity contribution in [2.45, 2.75) is 31.7 Å². The first-order chi connectivity index (χ1) is 11.1. The average molecular weight is 317 g/mol. The Morgan fingerprint density at radius 2 is 2.04 bits per heavy atom. The summed E-state index contributed by atoms with van der Waals surface area (Å²) in [4.78, 5) is 23.4. The minimum Gasteiger partial charge on any atom is -0.363 e. The number of pyridine rings is 1. The van der Waals surface area contributed by atoms with E-state index in [4.69, 9.17) is 0 Å². The van der Waals surface area contributed by atoms with Crippen LogP contribution in [0.1, 0.15) is 25.7 Å². The van der Waals surface area contributed by atoms with E-state index in [9.17, 15) is 4.79 Å². The van der Waals surface area contributed by atoms with Gasteiger partial charge in [-0.15, -0.1) is 0 Å². The van der Waals surface area contributed by atoms with Crippen LogP contribution in [0.5, 0.6) is 0 Å². The standard InChI is InChI=1S/C17H27N5O/c1-20(2)16-8-7-14(12-18-16)19-17(23)22-11-5-6-15(22)13-21-9-3-4-10-21/h7-8,12,15H,3-6,9-11,13H2,1-2H3,(H,19,23)/t15-/m0/s1. The minimum absolute atomic E-state index is 0.00565. The molecule has 2 aliphatic rings. The van der Waals surface area contributed by atoms with E-state index in [1.54, 1.807) is 6.20 Å². The quantitative estimate of drug-likeness (QED) is 0.925. The summed E-state index contributed by atoms with van der Waals surface area (Å²) in [6, 6.07) is 4.18. The summed E-state index contributed by atoms with van der Waals surface area (Å²) in [7, 11) is 3.90. The van der Waals surface area contributed by atoms with Gasteiger partial charge in [0.05, 0.1) is 11.9 Å². The lowest BCUT2D eigenvalue weighted by Gasteiger charge is -2.28. The smallest absolute Gasteiger partial charge is 0.322 e. The predicted molar refractivity (Wildman–Crippen MR) is 93.0 cm³/mol. The molecule has 23 heavy (non-hydrogen) atoms. The Balaban J connectivity index is 1.57. The van der Waals surface area contributed by atoms with Crippen LogP contribution in [0.4, 0.5) is 16.3 Å². The Hall–Kier alpha value is -1.82. The van der Waals surface area contributed by atoms with Gasteiger partial charge in [-0.05, 0) is 50.9 Å². The molecule has 0 aliphatic carbocycles. The van der Waals surface area contributed by atoms with Gasteiger partial charge in [-0.2, -0.15) is 0 Å². The number of hydrogen-bond acceptors (Lipinski definition) is 4. The third-order valence-electron chi connectivity index (χ3n) is 4.76. The number of carbonyl (C=O) groups excluding carboxylic acids is 1. The summed E-state index contributed by atoms with van der Waals surface area (Å²) in [5.74, 6) is 0.885. The predicted octanol–water partition coefficient (Wildman–Crippen LogP) is 2.24. The van der Waals surface area contributed by atoms with Crippen molar-refractivity contribution in [1.29, 1.82) is 0 Å². The second kappa shape index (κ2) is 7.17. The van der Waals surface area contributed by atoms with E-state index in [2.05, 4.69) is 15.2 Å². The van der Waals surface area contributed by atoms with E-state index < -0.39 is 0 Å². The van der Waals surface area contributed by atoms with Gasteiger partial charge in [0.1, 0.15) is 5.82 Å². The third-order valence-corrected chi connectivity index (χ3v) is 4.76. The summed E-state index contributed by atoms with van der Waals surface area (Å²) in [6.07, 6.45) is 6.52. The number of aromatic nitrogens is 1. The topological polar surface area (TPSA) is 51.7 Å². The summed E-state index contributed by atoms with van der Waals surface area (Å²) in [6.45, 7) is 4.24. The maximum atomic E-state index is 12.6. The molecule has 0 saturated carbocycles. The molecule has 0 bridgehead atoms. The molecule has 126 valence electrons. The molecule has 1 aromatic heterocycles. The molecule has 3 heterocycles. The van der Waals surface area contributed by atoms with Crippen LogP contribution in [-0.2, 0) is 0 Å². The minimum atomic E-state index is 0.00565. The zero-order valence-corrected chi connectivity index (χ0v) is 14.2. The van der Waals surface area contributed by atoms with Crippen molar-refractivity contribution in [3.05, 3.63) is 18.3 Å². The van der Waals surface area contributed by atoms with Gasteiger partial charge in [0.25, 0.3) is 0 Å². The van der Waals surface area contributed by atoms with Crippen LogP contribution in [0.25, 0.3) is 0 Å². The number of nitrogens with one attached hydrogen (secondary N) is 1. The van der Waals surface area contributed by atoms with Crippen LogP contribution in [-0.4, -0.2) is 67.1 Å². The first-order valence-corrected chi connectivity index (χ1v) is 8.57. The second-order valence-electron chi connectivity index (χ2n) is 6.73. The summed E-state index contributed by atoms with van der Waals surface area (Å²) in [5, 5.41) is 2.99. The van der Waals surface area contributed by atoms with Gasteiger partial charge in [0.15, 0.2) is 0 Å². The molecule has 0 unspecified atom stereocenters. The highest BCUT2D eigenvalue weighted by Gasteiger charge is 2.30. The third kappa shape index (κ3) is 3.93. The van der Waals surface area contributed by atoms with Gasteiger partial charge in [0.2, 0.25) is 0 Å². The lowest BCUT2D eigenvalue weighted by molar-refractivity contribution is 0.186. The number of hydrogen-bond donors (Lipinski definition) is 1. The molecule has 2 saturated heterocycles. The van der Waals surface area contributed by atoms with Gasteiger partial charge in [0, 0.05) is 33.2 Å². The largest absolute Gasteiger partial charge is 0.363 e. The van der Waals surface area contributed by atoms with Crippen molar-refractivity contribution in [2.24, 2.45) is 0 Å². The molecule has 2 amide bonds. The van der Waals surface area contributed by atoms with Crippen molar-refractivity contribution in [3.8, 4) is 0 Å². The van der Waals surface area contributed by atoms with Gasteiger partial charge >= 0.3 is 6.03 Å². The molecule has 6 heteroatoms. The molecule has 2 fully saturated rings. The van der Waals surface area contributed by atoms with Crippen LogP contribution in [0.3, 0.4) is 0 Å². The zero-order chi connectivity index (χ0) is 16.2. The van der Waals surface area contributed by atoms with Crippen molar-refractivity contribution in [3.63, 3.8) is 0 Å². The number of amides is 2. The molecular weight excluding hydrogens is 290 g/mol. The van der Waals surface area contributed by atoms with E-state index >= 15 is 0 Å². The summed E-state index contributed by atoms with van der Waals surface area (Å²) < 4.78 is 0. The molecule has 6 nitrogen and oxygen atoms in total. The lowest BCUT2D eigenvalue weighted by atomic mass is 10.2. The maximum absolute atomic E-state index is 12.6. The Labute approximate surface area is 138 Å². The van der Waals surface area contributed by atoms with E-state index in [0.29, 0.717) is 6.04 Å². The van der Waals surface area contributed by atoms with Gasteiger partial charge in [-0.3, -0.25) is 0 Å². The van der Waals surface area contributed by atoms with Crippen molar-refractivity contribution < 1.29 is 4.79 Å². The summed E-state index contributed by atoms with van der Waals surface area (Å²) in [5.41, 5.74) is 0.757. The highest BCUT2D eigenvalue weighted by atomic mass is 16.2.